The van der Waals surface area contributed by atoms with Gasteiger partial charge in [-0.2, -0.15) is 13.2 Å². The Morgan fingerprint density at radius 1 is 1.11 bits per heavy atom. The smallest absolute Gasteiger partial charge is 0.422 e. The molecule has 2 aromatic carbocycles. The highest BCUT2D eigenvalue weighted by atomic mass is 19.4. The fourth-order valence-electron chi connectivity index (χ4n) is 2.21. The zero-order chi connectivity index (χ0) is 20.7. The van der Waals surface area contributed by atoms with Gasteiger partial charge >= 0.3 is 12.1 Å². The normalized spacial score (nSPS) is 11.3. The van der Waals surface area contributed by atoms with E-state index < -0.39 is 24.7 Å². The van der Waals surface area contributed by atoms with Crippen LogP contribution in [-0.4, -0.2) is 31.8 Å². The van der Waals surface area contributed by atoms with Crippen LogP contribution in [0.25, 0.3) is 6.08 Å². The number of benzene rings is 2. The van der Waals surface area contributed by atoms with E-state index in [4.69, 9.17) is 4.74 Å². The van der Waals surface area contributed by atoms with Crippen molar-refractivity contribution >= 4 is 23.6 Å². The molecule has 0 spiro atoms. The summed E-state index contributed by atoms with van der Waals surface area (Å²) in [6.07, 6.45) is -1.76. The van der Waals surface area contributed by atoms with Crippen molar-refractivity contribution in [2.24, 2.45) is 0 Å². The lowest BCUT2D eigenvalue weighted by atomic mass is 10.1. The van der Waals surface area contributed by atoms with E-state index in [9.17, 15) is 22.8 Å². The molecule has 5 nitrogen and oxygen atoms in total. The van der Waals surface area contributed by atoms with Gasteiger partial charge in [0.1, 0.15) is 5.75 Å². The quantitative estimate of drug-likeness (QED) is 0.585. The average Bonchev–Trinajstić information content (AvgIpc) is 2.65. The van der Waals surface area contributed by atoms with E-state index in [0.29, 0.717) is 16.7 Å². The summed E-state index contributed by atoms with van der Waals surface area (Å²) in [5.41, 5.74) is 1.84. The third-order valence-corrected chi connectivity index (χ3v) is 3.55. The Hall–Kier alpha value is -3.29. The van der Waals surface area contributed by atoms with Crippen molar-refractivity contribution < 1.29 is 32.2 Å². The first-order valence-corrected chi connectivity index (χ1v) is 8.15. The first kappa shape index (κ1) is 21.0. The molecular formula is C20H18F3NO4. The van der Waals surface area contributed by atoms with Crippen LogP contribution >= 0.6 is 0 Å². The molecule has 8 heteroatoms. The summed E-state index contributed by atoms with van der Waals surface area (Å²) in [7, 11) is 1.28. The molecule has 0 bridgehead atoms. The number of nitrogens with one attached hydrogen (secondary N) is 1. The summed E-state index contributed by atoms with van der Waals surface area (Å²) >= 11 is 0. The van der Waals surface area contributed by atoms with Gasteiger partial charge in [0.2, 0.25) is 5.91 Å². The van der Waals surface area contributed by atoms with Crippen LogP contribution < -0.4 is 10.1 Å². The van der Waals surface area contributed by atoms with E-state index in [1.54, 1.807) is 37.3 Å². The fourth-order valence-corrected chi connectivity index (χ4v) is 2.21. The molecule has 0 aromatic heterocycles. The molecule has 0 radical (unpaired) electrons. The second kappa shape index (κ2) is 9.07. The minimum atomic E-state index is -4.48. The number of rotatable bonds is 6. The predicted molar refractivity (Wildman–Crippen MR) is 98.2 cm³/mol. The summed E-state index contributed by atoms with van der Waals surface area (Å²) in [6, 6.07) is 10.9. The molecular weight excluding hydrogens is 375 g/mol. The number of halogens is 3. The third-order valence-electron chi connectivity index (χ3n) is 3.55. The number of hydrogen-bond acceptors (Lipinski definition) is 4. The predicted octanol–water partition coefficient (Wildman–Crippen LogP) is 4.37. The second-order valence-electron chi connectivity index (χ2n) is 5.84. The van der Waals surface area contributed by atoms with E-state index in [-0.39, 0.29) is 11.4 Å². The molecule has 0 heterocycles. The third kappa shape index (κ3) is 6.46. The summed E-state index contributed by atoms with van der Waals surface area (Å²) in [5, 5.41) is 2.49. The minimum absolute atomic E-state index is 0.0681. The van der Waals surface area contributed by atoms with Gasteiger partial charge in [0, 0.05) is 6.08 Å². The summed E-state index contributed by atoms with van der Waals surface area (Å²) in [5.74, 6) is -1.08. The number of carbonyl (C=O) groups is 2. The Labute approximate surface area is 159 Å². The molecule has 0 aliphatic rings. The van der Waals surface area contributed by atoms with Crippen LogP contribution in [0.4, 0.5) is 18.9 Å². The van der Waals surface area contributed by atoms with Gasteiger partial charge in [-0.15, -0.1) is 0 Å². The lowest BCUT2D eigenvalue weighted by molar-refractivity contribution is -0.153. The highest BCUT2D eigenvalue weighted by molar-refractivity contribution is 6.02. The maximum atomic E-state index is 12.4. The molecule has 1 amide bonds. The largest absolute Gasteiger partial charge is 0.482 e. The van der Waals surface area contributed by atoms with Crippen molar-refractivity contribution in [3.8, 4) is 5.75 Å². The van der Waals surface area contributed by atoms with Gasteiger partial charge in [0.25, 0.3) is 0 Å². The Balaban J connectivity index is 2.06. The van der Waals surface area contributed by atoms with E-state index in [1.165, 1.54) is 31.4 Å². The molecule has 1 N–H and O–H groups in total. The van der Waals surface area contributed by atoms with Gasteiger partial charge in [0.05, 0.1) is 18.4 Å². The lowest BCUT2D eigenvalue weighted by Crippen LogP contribution is -2.20. The van der Waals surface area contributed by atoms with Crippen LogP contribution in [0.5, 0.6) is 5.75 Å². The van der Waals surface area contributed by atoms with Crippen LogP contribution in [0.2, 0.25) is 0 Å². The summed E-state index contributed by atoms with van der Waals surface area (Å²) in [4.78, 5) is 23.5. The van der Waals surface area contributed by atoms with Gasteiger partial charge < -0.3 is 14.8 Å². The number of ether oxygens (including phenoxy) is 2. The molecule has 28 heavy (non-hydrogen) atoms. The molecule has 0 aliphatic heterocycles. The monoisotopic (exact) mass is 393 g/mol. The number of esters is 1. The number of methoxy groups -OCH3 is 1. The maximum absolute atomic E-state index is 12.4. The van der Waals surface area contributed by atoms with Gasteiger partial charge in [0.15, 0.2) is 6.61 Å². The molecule has 0 aliphatic carbocycles. The topological polar surface area (TPSA) is 64.6 Å². The number of aryl methyl sites for hydroxylation is 1. The highest BCUT2D eigenvalue weighted by Gasteiger charge is 2.29. The number of amides is 1. The molecule has 0 atom stereocenters. The number of anilines is 1. The fraction of sp³-hybridized carbons (Fsp3) is 0.200. The molecule has 0 unspecified atom stereocenters. The lowest BCUT2D eigenvalue weighted by Gasteiger charge is -2.14. The van der Waals surface area contributed by atoms with Crippen LogP contribution in [0.1, 0.15) is 21.5 Å². The van der Waals surface area contributed by atoms with Gasteiger partial charge in [-0.25, -0.2) is 4.79 Å². The Morgan fingerprint density at radius 2 is 1.79 bits per heavy atom. The SMILES string of the molecule is COC(=O)c1ccc(C=CC(=O)Nc2ccc(C)cc2OCC(F)(F)F)cc1. The molecule has 0 fully saturated rings. The summed E-state index contributed by atoms with van der Waals surface area (Å²) < 4.78 is 46.6. The first-order valence-electron chi connectivity index (χ1n) is 8.15. The highest BCUT2D eigenvalue weighted by Crippen LogP contribution is 2.28. The minimum Gasteiger partial charge on any atom is -0.482 e. The molecule has 2 aromatic rings. The number of carbonyl (C=O) groups excluding carboxylic acids is 2. The first-order chi connectivity index (χ1) is 13.2. The van der Waals surface area contributed by atoms with Gasteiger partial charge in [-0.05, 0) is 48.4 Å². The number of hydrogen-bond donors (Lipinski definition) is 1. The van der Waals surface area contributed by atoms with Gasteiger partial charge in [-0.3, -0.25) is 4.79 Å². The molecule has 0 saturated carbocycles. The Bertz CT molecular complexity index is 874. The van der Waals surface area contributed by atoms with Crippen molar-refractivity contribution in [3.63, 3.8) is 0 Å². The van der Waals surface area contributed by atoms with Crippen molar-refractivity contribution in [1.82, 2.24) is 0 Å². The van der Waals surface area contributed by atoms with E-state index in [0.717, 1.165) is 0 Å². The standard InChI is InChI=1S/C20H18F3NO4/c1-13-3-9-16(17(11-13)28-12-20(21,22)23)24-18(25)10-6-14-4-7-15(8-5-14)19(26)27-2/h3-11H,12H2,1-2H3,(H,24,25). The van der Waals surface area contributed by atoms with Crippen molar-refractivity contribution in [1.29, 1.82) is 0 Å². The zero-order valence-corrected chi connectivity index (χ0v) is 15.2. The summed E-state index contributed by atoms with van der Waals surface area (Å²) in [6.45, 7) is 0.242. The van der Waals surface area contributed by atoms with Gasteiger partial charge in [-0.1, -0.05) is 18.2 Å². The van der Waals surface area contributed by atoms with Crippen LogP contribution in [-0.2, 0) is 9.53 Å². The van der Waals surface area contributed by atoms with Crippen LogP contribution in [0.3, 0.4) is 0 Å². The average molecular weight is 393 g/mol. The van der Waals surface area contributed by atoms with Crippen molar-refractivity contribution in [2.45, 2.75) is 13.1 Å². The molecule has 148 valence electrons. The van der Waals surface area contributed by atoms with E-state index in [1.807, 2.05) is 0 Å². The maximum Gasteiger partial charge on any atom is 0.422 e. The Morgan fingerprint density at radius 3 is 2.39 bits per heavy atom. The van der Waals surface area contributed by atoms with E-state index in [2.05, 4.69) is 10.1 Å². The number of alkyl halides is 3. The van der Waals surface area contributed by atoms with Crippen molar-refractivity contribution in [3.05, 3.63) is 65.2 Å². The molecule has 2 rings (SSSR count). The van der Waals surface area contributed by atoms with Crippen LogP contribution in [0.15, 0.2) is 48.5 Å². The Kier molecular flexibility index (Phi) is 6.81. The zero-order valence-electron chi connectivity index (χ0n) is 15.2. The molecule has 0 saturated heterocycles. The second-order valence-corrected chi connectivity index (χ2v) is 5.84. The van der Waals surface area contributed by atoms with E-state index >= 15 is 0 Å². The van der Waals surface area contributed by atoms with Crippen LogP contribution in [0, 0.1) is 6.92 Å². The van der Waals surface area contributed by atoms with Crippen molar-refractivity contribution in [2.75, 3.05) is 19.0 Å².